The average molecular weight is 277 g/mol. The van der Waals surface area contributed by atoms with Gasteiger partial charge in [0.25, 0.3) is 5.69 Å². The molecule has 1 aromatic carbocycles. The van der Waals surface area contributed by atoms with Crippen molar-refractivity contribution < 1.29 is 9.72 Å². The lowest BCUT2D eigenvalue weighted by Crippen LogP contribution is -2.59. The van der Waals surface area contributed by atoms with Crippen LogP contribution in [-0.2, 0) is 11.2 Å². The summed E-state index contributed by atoms with van der Waals surface area (Å²) in [4.78, 5) is 24.5. The van der Waals surface area contributed by atoms with Gasteiger partial charge in [0.05, 0.1) is 17.4 Å². The van der Waals surface area contributed by atoms with E-state index in [9.17, 15) is 14.9 Å². The summed E-state index contributed by atoms with van der Waals surface area (Å²) in [7, 11) is 0. The molecule has 0 unspecified atom stereocenters. The fourth-order valence-electron chi connectivity index (χ4n) is 2.30. The monoisotopic (exact) mass is 277 g/mol. The van der Waals surface area contributed by atoms with Crippen LogP contribution in [0.25, 0.3) is 0 Å². The molecule has 2 rings (SSSR count). The van der Waals surface area contributed by atoms with E-state index in [-0.39, 0.29) is 24.1 Å². The van der Waals surface area contributed by atoms with E-state index in [0.29, 0.717) is 5.56 Å². The van der Waals surface area contributed by atoms with Gasteiger partial charge in [0.2, 0.25) is 5.91 Å². The molecule has 1 fully saturated rings. The van der Waals surface area contributed by atoms with Gasteiger partial charge in [-0.15, -0.1) is 0 Å². The molecule has 1 aliphatic heterocycles. The number of carbonyl (C=O) groups is 1. The number of nitro benzene ring substituents is 1. The smallest absolute Gasteiger partial charge is 0.269 e. The molecule has 0 saturated carbocycles. The van der Waals surface area contributed by atoms with Crippen molar-refractivity contribution in [1.82, 2.24) is 10.2 Å². The van der Waals surface area contributed by atoms with E-state index in [4.69, 9.17) is 0 Å². The molecule has 1 saturated heterocycles. The van der Waals surface area contributed by atoms with E-state index in [0.717, 1.165) is 26.1 Å². The highest BCUT2D eigenvalue weighted by Crippen LogP contribution is 2.15. The first-order valence-electron chi connectivity index (χ1n) is 6.85. The highest BCUT2D eigenvalue weighted by atomic mass is 16.6. The van der Waals surface area contributed by atoms with Crippen LogP contribution in [0.1, 0.15) is 18.9 Å². The largest absolute Gasteiger partial charge is 0.337 e. The fraction of sp³-hybridized carbons (Fsp3) is 0.500. The molecule has 0 radical (unpaired) electrons. The minimum Gasteiger partial charge on any atom is -0.337 e. The predicted octanol–water partition coefficient (Wildman–Crippen LogP) is 1.35. The number of nitrogens with one attached hydrogen (secondary N) is 1. The zero-order valence-corrected chi connectivity index (χ0v) is 11.5. The number of benzene rings is 1. The van der Waals surface area contributed by atoms with Gasteiger partial charge in [0.15, 0.2) is 0 Å². The Morgan fingerprint density at radius 2 is 2.25 bits per heavy atom. The van der Waals surface area contributed by atoms with Gasteiger partial charge >= 0.3 is 0 Å². The van der Waals surface area contributed by atoms with Crippen LogP contribution in [-0.4, -0.2) is 41.4 Å². The van der Waals surface area contributed by atoms with Crippen molar-refractivity contribution in [2.24, 2.45) is 0 Å². The normalized spacial score (nSPS) is 14.7. The Balaban J connectivity index is 2.05. The van der Waals surface area contributed by atoms with Crippen LogP contribution < -0.4 is 5.32 Å². The van der Waals surface area contributed by atoms with E-state index in [1.807, 2.05) is 11.8 Å². The maximum absolute atomic E-state index is 12.3. The Hall–Kier alpha value is -1.95. The van der Waals surface area contributed by atoms with Crippen LogP contribution in [0.4, 0.5) is 5.69 Å². The van der Waals surface area contributed by atoms with Crippen molar-refractivity contribution in [3.05, 3.63) is 39.9 Å². The van der Waals surface area contributed by atoms with Crippen LogP contribution in [0, 0.1) is 10.1 Å². The Bertz CT molecular complexity index is 500. The summed E-state index contributed by atoms with van der Waals surface area (Å²) in [5.41, 5.74) is 0.722. The van der Waals surface area contributed by atoms with Gasteiger partial charge in [-0.05, 0) is 12.0 Å². The van der Waals surface area contributed by atoms with Crippen molar-refractivity contribution in [2.75, 3.05) is 19.6 Å². The standard InChI is InChI=1S/C14H19N3O3/c1-2-6-16(13-9-15-10-13)14(18)8-11-4-3-5-12(7-11)17(19)20/h3-5,7,13,15H,2,6,8-10H2,1H3. The Labute approximate surface area is 117 Å². The number of nitrogens with zero attached hydrogens (tertiary/aromatic N) is 2. The molecule has 0 aromatic heterocycles. The molecule has 108 valence electrons. The van der Waals surface area contributed by atoms with Crippen molar-refractivity contribution in [3.8, 4) is 0 Å². The molecule has 20 heavy (non-hydrogen) atoms. The number of hydrogen-bond acceptors (Lipinski definition) is 4. The molecule has 6 nitrogen and oxygen atoms in total. The average Bonchev–Trinajstić information content (AvgIpc) is 2.36. The third kappa shape index (κ3) is 3.33. The minimum atomic E-state index is -0.437. The van der Waals surface area contributed by atoms with Gasteiger partial charge in [-0.2, -0.15) is 0 Å². The Morgan fingerprint density at radius 3 is 2.80 bits per heavy atom. The third-order valence-corrected chi connectivity index (χ3v) is 3.46. The van der Waals surface area contributed by atoms with Gasteiger partial charge in [0, 0.05) is 31.8 Å². The van der Waals surface area contributed by atoms with E-state index >= 15 is 0 Å². The number of amides is 1. The van der Waals surface area contributed by atoms with Crippen LogP contribution >= 0.6 is 0 Å². The first kappa shape index (κ1) is 14.5. The second-order valence-corrected chi connectivity index (χ2v) is 5.00. The summed E-state index contributed by atoms with van der Waals surface area (Å²) in [6, 6.07) is 6.56. The molecule has 1 aliphatic rings. The molecule has 0 bridgehead atoms. The molecule has 6 heteroatoms. The van der Waals surface area contributed by atoms with Gasteiger partial charge in [-0.25, -0.2) is 0 Å². The number of carbonyl (C=O) groups excluding carboxylic acids is 1. The predicted molar refractivity (Wildman–Crippen MR) is 75.5 cm³/mol. The first-order valence-corrected chi connectivity index (χ1v) is 6.85. The summed E-state index contributed by atoms with van der Waals surface area (Å²) < 4.78 is 0. The van der Waals surface area contributed by atoms with Crippen molar-refractivity contribution in [1.29, 1.82) is 0 Å². The Morgan fingerprint density at radius 1 is 1.50 bits per heavy atom. The lowest BCUT2D eigenvalue weighted by atomic mass is 10.1. The van der Waals surface area contributed by atoms with E-state index < -0.39 is 4.92 Å². The van der Waals surface area contributed by atoms with Crippen molar-refractivity contribution in [2.45, 2.75) is 25.8 Å². The maximum atomic E-state index is 12.3. The topological polar surface area (TPSA) is 75.5 Å². The van der Waals surface area contributed by atoms with Crippen LogP contribution in [0.15, 0.2) is 24.3 Å². The molecule has 1 aromatic rings. The number of nitro groups is 1. The third-order valence-electron chi connectivity index (χ3n) is 3.46. The minimum absolute atomic E-state index is 0.0302. The van der Waals surface area contributed by atoms with Crippen LogP contribution in [0.2, 0.25) is 0 Å². The molecule has 0 atom stereocenters. The van der Waals surface area contributed by atoms with Crippen LogP contribution in [0.5, 0.6) is 0 Å². The Kier molecular flexibility index (Phi) is 4.68. The lowest BCUT2D eigenvalue weighted by Gasteiger charge is -2.38. The first-order chi connectivity index (χ1) is 9.61. The fourth-order valence-corrected chi connectivity index (χ4v) is 2.30. The molecule has 1 heterocycles. The maximum Gasteiger partial charge on any atom is 0.269 e. The second-order valence-electron chi connectivity index (χ2n) is 5.00. The van der Waals surface area contributed by atoms with E-state index in [2.05, 4.69) is 5.32 Å². The summed E-state index contributed by atoms with van der Waals surface area (Å²) >= 11 is 0. The quantitative estimate of drug-likeness (QED) is 0.629. The lowest BCUT2D eigenvalue weighted by molar-refractivity contribution is -0.384. The summed E-state index contributed by atoms with van der Waals surface area (Å²) in [5, 5.41) is 13.9. The molecule has 1 amide bonds. The number of non-ortho nitro benzene ring substituents is 1. The van der Waals surface area contributed by atoms with Gasteiger partial charge in [-0.3, -0.25) is 14.9 Å². The van der Waals surface area contributed by atoms with Gasteiger partial charge in [-0.1, -0.05) is 19.1 Å². The highest BCUT2D eigenvalue weighted by molar-refractivity contribution is 5.79. The summed E-state index contributed by atoms with van der Waals surface area (Å²) in [5.74, 6) is 0.0406. The van der Waals surface area contributed by atoms with E-state index in [1.54, 1.807) is 12.1 Å². The second kappa shape index (κ2) is 6.47. The molecule has 1 N–H and O–H groups in total. The van der Waals surface area contributed by atoms with Crippen molar-refractivity contribution >= 4 is 11.6 Å². The summed E-state index contributed by atoms with van der Waals surface area (Å²) in [6.07, 6.45) is 1.13. The number of hydrogen-bond donors (Lipinski definition) is 1. The molecule has 0 spiro atoms. The zero-order valence-electron chi connectivity index (χ0n) is 11.5. The SMILES string of the molecule is CCCN(C(=O)Cc1cccc([N+](=O)[O-])c1)C1CNC1. The zero-order chi connectivity index (χ0) is 14.5. The molecular formula is C14H19N3O3. The van der Waals surface area contributed by atoms with Crippen molar-refractivity contribution in [3.63, 3.8) is 0 Å². The molecule has 0 aliphatic carbocycles. The summed E-state index contributed by atoms with van der Waals surface area (Å²) in [6.45, 7) is 4.45. The van der Waals surface area contributed by atoms with Gasteiger partial charge < -0.3 is 10.2 Å². The highest BCUT2D eigenvalue weighted by Gasteiger charge is 2.27. The molecular weight excluding hydrogens is 258 g/mol. The number of rotatable bonds is 6. The van der Waals surface area contributed by atoms with Gasteiger partial charge in [0.1, 0.15) is 0 Å². The van der Waals surface area contributed by atoms with E-state index in [1.165, 1.54) is 12.1 Å². The van der Waals surface area contributed by atoms with Crippen LogP contribution in [0.3, 0.4) is 0 Å².